The van der Waals surface area contributed by atoms with E-state index >= 15 is 0 Å². The van der Waals surface area contributed by atoms with Gasteiger partial charge in [-0.3, -0.25) is 0 Å². The summed E-state index contributed by atoms with van der Waals surface area (Å²) in [4.78, 5) is 2.57. The Hall–Kier alpha value is -0.940. The van der Waals surface area contributed by atoms with Crippen LogP contribution in [0.5, 0.6) is 0 Å². The minimum absolute atomic E-state index is 0.653. The molecule has 2 saturated heterocycles. The highest BCUT2D eigenvalue weighted by Gasteiger charge is 2.38. The van der Waals surface area contributed by atoms with Gasteiger partial charge in [0.1, 0.15) is 12.2 Å². The summed E-state index contributed by atoms with van der Waals surface area (Å²) in [6.07, 6.45) is 7.08. The fourth-order valence-electron chi connectivity index (χ4n) is 3.28. The van der Waals surface area contributed by atoms with Crippen molar-refractivity contribution in [1.82, 2.24) is 25.0 Å². The number of aryl methyl sites for hydroxylation is 1. The van der Waals surface area contributed by atoms with E-state index in [4.69, 9.17) is 0 Å². The molecular weight excluding hydrogens is 214 g/mol. The van der Waals surface area contributed by atoms with Crippen molar-refractivity contribution < 1.29 is 0 Å². The summed E-state index contributed by atoms with van der Waals surface area (Å²) in [5, 5.41) is 11.6. The minimum atomic E-state index is 0.653. The molecule has 1 aromatic rings. The van der Waals surface area contributed by atoms with Crippen LogP contribution in [0.1, 0.15) is 31.5 Å². The van der Waals surface area contributed by atoms with Gasteiger partial charge in [-0.1, -0.05) is 0 Å². The first-order valence-corrected chi connectivity index (χ1v) is 6.52. The van der Waals surface area contributed by atoms with Gasteiger partial charge in [0.15, 0.2) is 0 Å². The molecule has 2 aliphatic heterocycles. The largest absolute Gasteiger partial charge is 0.320 e. The van der Waals surface area contributed by atoms with Crippen LogP contribution in [-0.2, 0) is 13.6 Å². The van der Waals surface area contributed by atoms with E-state index in [2.05, 4.69) is 27.5 Å². The average molecular weight is 235 g/mol. The van der Waals surface area contributed by atoms with Crippen LogP contribution in [0, 0.1) is 0 Å². The van der Waals surface area contributed by atoms with E-state index in [9.17, 15) is 0 Å². The zero-order valence-electron chi connectivity index (χ0n) is 10.6. The molecule has 2 aliphatic rings. The lowest BCUT2D eigenvalue weighted by Crippen LogP contribution is -2.47. The zero-order chi connectivity index (χ0) is 11.8. The Morgan fingerprint density at radius 3 is 2.59 bits per heavy atom. The summed E-state index contributed by atoms with van der Waals surface area (Å²) in [7, 11) is 4.27. The molecular formula is C12H21N5. The van der Waals surface area contributed by atoms with Crippen molar-refractivity contribution in [2.24, 2.45) is 7.05 Å². The van der Waals surface area contributed by atoms with Crippen LogP contribution in [0.15, 0.2) is 6.33 Å². The van der Waals surface area contributed by atoms with Gasteiger partial charge in [0.05, 0.1) is 6.54 Å². The molecule has 0 amide bonds. The van der Waals surface area contributed by atoms with Gasteiger partial charge in [-0.25, -0.2) is 0 Å². The fraction of sp³-hybridized carbons (Fsp3) is 0.833. The third-order valence-electron chi connectivity index (χ3n) is 4.45. The van der Waals surface area contributed by atoms with Gasteiger partial charge in [-0.2, -0.15) is 0 Å². The molecule has 94 valence electrons. The lowest BCUT2D eigenvalue weighted by Gasteiger charge is -2.36. The molecule has 0 aliphatic carbocycles. The number of piperidine rings is 1. The maximum atomic E-state index is 4.11. The van der Waals surface area contributed by atoms with Crippen LogP contribution in [0.25, 0.3) is 0 Å². The molecule has 5 nitrogen and oxygen atoms in total. The summed E-state index contributed by atoms with van der Waals surface area (Å²) < 4.78 is 1.98. The van der Waals surface area contributed by atoms with Gasteiger partial charge in [0.2, 0.25) is 0 Å². The monoisotopic (exact) mass is 235 g/mol. The SMILES string of the molecule is CN1C2CCC1CC(NCc1nncn1C)C2. The molecule has 2 atom stereocenters. The number of nitrogens with zero attached hydrogens (tertiary/aromatic N) is 4. The smallest absolute Gasteiger partial charge is 0.146 e. The highest BCUT2D eigenvalue weighted by Crippen LogP contribution is 2.34. The van der Waals surface area contributed by atoms with Crippen LogP contribution in [0.4, 0.5) is 0 Å². The molecule has 0 aromatic carbocycles. The molecule has 2 bridgehead atoms. The van der Waals surface area contributed by atoms with Gasteiger partial charge in [0.25, 0.3) is 0 Å². The van der Waals surface area contributed by atoms with Crippen LogP contribution in [0.3, 0.4) is 0 Å². The summed E-state index contributed by atoms with van der Waals surface area (Å²) in [6.45, 7) is 0.838. The number of fused-ring (bicyclic) bond motifs is 2. The topological polar surface area (TPSA) is 46.0 Å². The van der Waals surface area contributed by atoms with Crippen molar-refractivity contribution in [3.05, 3.63) is 12.2 Å². The van der Waals surface area contributed by atoms with Gasteiger partial charge < -0.3 is 14.8 Å². The summed E-state index contributed by atoms with van der Waals surface area (Å²) in [6, 6.07) is 2.25. The Morgan fingerprint density at radius 2 is 2.00 bits per heavy atom. The zero-order valence-corrected chi connectivity index (χ0v) is 10.6. The molecule has 0 radical (unpaired) electrons. The second-order valence-corrected chi connectivity index (χ2v) is 5.46. The molecule has 1 N–H and O–H groups in total. The minimum Gasteiger partial charge on any atom is -0.320 e. The first kappa shape index (κ1) is 11.2. The molecule has 17 heavy (non-hydrogen) atoms. The van der Waals surface area contributed by atoms with Crippen molar-refractivity contribution in [2.75, 3.05) is 7.05 Å². The number of aromatic nitrogens is 3. The molecule has 3 rings (SSSR count). The van der Waals surface area contributed by atoms with Gasteiger partial charge in [-0.05, 0) is 32.7 Å². The van der Waals surface area contributed by atoms with Gasteiger partial charge in [0, 0.05) is 25.2 Å². The van der Waals surface area contributed by atoms with Crippen molar-refractivity contribution in [2.45, 2.75) is 50.4 Å². The number of hydrogen-bond acceptors (Lipinski definition) is 4. The normalized spacial score (nSPS) is 33.2. The fourth-order valence-corrected chi connectivity index (χ4v) is 3.28. The van der Waals surface area contributed by atoms with Crippen molar-refractivity contribution in [3.63, 3.8) is 0 Å². The molecule has 5 heteroatoms. The lowest BCUT2D eigenvalue weighted by atomic mass is 9.98. The highest BCUT2D eigenvalue weighted by molar-refractivity contribution is 4.96. The molecule has 1 aromatic heterocycles. The Labute approximate surface area is 102 Å². The number of rotatable bonds is 3. The molecule has 3 heterocycles. The standard InChI is InChI=1S/C12H21N5/c1-16-8-14-15-12(16)7-13-9-5-10-3-4-11(6-9)17(10)2/h8-11,13H,3-7H2,1-2H3. The second-order valence-electron chi connectivity index (χ2n) is 5.46. The van der Waals surface area contributed by atoms with E-state index in [0.29, 0.717) is 6.04 Å². The van der Waals surface area contributed by atoms with Gasteiger partial charge >= 0.3 is 0 Å². The average Bonchev–Trinajstić information content (AvgIpc) is 2.78. The van der Waals surface area contributed by atoms with Crippen LogP contribution < -0.4 is 5.32 Å². The predicted molar refractivity (Wildman–Crippen MR) is 65.4 cm³/mol. The van der Waals surface area contributed by atoms with Crippen molar-refractivity contribution in [1.29, 1.82) is 0 Å². The third-order valence-corrected chi connectivity index (χ3v) is 4.45. The molecule has 0 saturated carbocycles. The van der Waals surface area contributed by atoms with Crippen molar-refractivity contribution >= 4 is 0 Å². The van der Waals surface area contributed by atoms with E-state index in [1.165, 1.54) is 25.7 Å². The van der Waals surface area contributed by atoms with E-state index < -0.39 is 0 Å². The van der Waals surface area contributed by atoms with Crippen LogP contribution >= 0.6 is 0 Å². The third kappa shape index (κ3) is 2.09. The molecule has 2 unspecified atom stereocenters. The Bertz CT molecular complexity index is 374. The van der Waals surface area contributed by atoms with Gasteiger partial charge in [-0.15, -0.1) is 10.2 Å². The van der Waals surface area contributed by atoms with Crippen molar-refractivity contribution in [3.8, 4) is 0 Å². The molecule has 0 spiro atoms. The van der Waals surface area contributed by atoms with E-state index in [1.807, 2.05) is 11.6 Å². The first-order valence-electron chi connectivity index (χ1n) is 6.52. The van der Waals surface area contributed by atoms with E-state index in [0.717, 1.165) is 24.5 Å². The van der Waals surface area contributed by atoms with Crippen LogP contribution in [0.2, 0.25) is 0 Å². The highest BCUT2D eigenvalue weighted by atomic mass is 15.3. The van der Waals surface area contributed by atoms with Crippen LogP contribution in [-0.4, -0.2) is 44.8 Å². The number of hydrogen-bond donors (Lipinski definition) is 1. The van der Waals surface area contributed by atoms with E-state index in [-0.39, 0.29) is 0 Å². The predicted octanol–water partition coefficient (Wildman–Crippen LogP) is 0.530. The maximum Gasteiger partial charge on any atom is 0.146 e. The Balaban J connectivity index is 1.56. The Kier molecular flexibility index (Phi) is 2.88. The Morgan fingerprint density at radius 1 is 1.29 bits per heavy atom. The second kappa shape index (κ2) is 4.38. The maximum absolute atomic E-state index is 4.11. The quantitative estimate of drug-likeness (QED) is 0.830. The molecule has 2 fully saturated rings. The summed E-state index contributed by atoms with van der Waals surface area (Å²) in [5.41, 5.74) is 0. The number of nitrogens with one attached hydrogen (secondary N) is 1. The van der Waals surface area contributed by atoms with E-state index in [1.54, 1.807) is 6.33 Å². The summed E-state index contributed by atoms with van der Waals surface area (Å²) in [5.74, 6) is 1.02. The summed E-state index contributed by atoms with van der Waals surface area (Å²) >= 11 is 0. The first-order chi connectivity index (χ1) is 8.24. The lowest BCUT2D eigenvalue weighted by molar-refractivity contribution is 0.147.